The number of nitrogens with zero attached hydrogens (tertiary/aromatic N) is 2. The number of aryl methyl sites for hydroxylation is 1. The topological polar surface area (TPSA) is 67.2 Å². The van der Waals surface area contributed by atoms with Crippen molar-refractivity contribution in [2.45, 2.75) is 24.8 Å². The van der Waals surface area contributed by atoms with Gasteiger partial charge in [-0.3, -0.25) is 0 Å². The standard InChI is InChI=1S/C16H19N3O2/c1-17-16(8-3-9-16)15-18-12-10-11(5-7-14(20)21)4-6-13(12)19(15)2/h4-7,10,17H,3,8-9H2,1-2H3,(H,20,21)/b7-5+. The minimum atomic E-state index is -0.944. The fourth-order valence-corrected chi connectivity index (χ4v) is 3.03. The third-order valence-electron chi connectivity index (χ3n) is 4.44. The first kappa shape index (κ1) is 13.8. The number of rotatable bonds is 4. The van der Waals surface area contributed by atoms with Crippen molar-refractivity contribution in [1.82, 2.24) is 14.9 Å². The van der Waals surface area contributed by atoms with E-state index in [9.17, 15) is 4.79 Å². The van der Waals surface area contributed by atoms with Gasteiger partial charge in [-0.1, -0.05) is 6.07 Å². The lowest BCUT2D eigenvalue weighted by atomic mass is 9.76. The molecule has 1 saturated carbocycles. The van der Waals surface area contributed by atoms with E-state index in [0.29, 0.717) is 0 Å². The van der Waals surface area contributed by atoms with Gasteiger partial charge in [0.05, 0.1) is 16.6 Å². The number of carbonyl (C=O) groups is 1. The molecule has 1 heterocycles. The lowest BCUT2D eigenvalue weighted by molar-refractivity contribution is -0.131. The molecule has 0 saturated heterocycles. The molecule has 0 radical (unpaired) electrons. The van der Waals surface area contributed by atoms with Gasteiger partial charge >= 0.3 is 5.97 Å². The van der Waals surface area contributed by atoms with Gasteiger partial charge in [0, 0.05) is 13.1 Å². The molecule has 1 aliphatic rings. The van der Waals surface area contributed by atoms with Gasteiger partial charge in [-0.25, -0.2) is 9.78 Å². The molecule has 0 spiro atoms. The monoisotopic (exact) mass is 285 g/mol. The molecule has 0 unspecified atom stereocenters. The van der Waals surface area contributed by atoms with Crippen LogP contribution in [0.1, 0.15) is 30.7 Å². The molecule has 5 heteroatoms. The second-order valence-electron chi connectivity index (χ2n) is 5.60. The van der Waals surface area contributed by atoms with Crippen LogP contribution in [0, 0.1) is 0 Å². The van der Waals surface area contributed by atoms with Crippen LogP contribution in [0.5, 0.6) is 0 Å². The zero-order valence-electron chi connectivity index (χ0n) is 12.3. The zero-order chi connectivity index (χ0) is 15.0. The number of imidazole rings is 1. The number of aliphatic carboxylic acids is 1. The van der Waals surface area contributed by atoms with E-state index in [4.69, 9.17) is 10.1 Å². The summed E-state index contributed by atoms with van der Waals surface area (Å²) in [4.78, 5) is 15.4. The Morgan fingerprint density at radius 2 is 2.24 bits per heavy atom. The quantitative estimate of drug-likeness (QED) is 0.846. The Kier molecular flexibility index (Phi) is 3.29. The van der Waals surface area contributed by atoms with Gasteiger partial charge < -0.3 is 15.0 Å². The average molecular weight is 285 g/mol. The lowest BCUT2D eigenvalue weighted by Crippen LogP contribution is -2.47. The van der Waals surface area contributed by atoms with Gasteiger partial charge in [0.1, 0.15) is 5.82 Å². The first-order chi connectivity index (χ1) is 10.1. The highest BCUT2D eigenvalue weighted by molar-refractivity contribution is 5.87. The number of fused-ring (bicyclic) bond motifs is 1. The predicted molar refractivity (Wildman–Crippen MR) is 82.0 cm³/mol. The number of hydrogen-bond donors (Lipinski definition) is 2. The Hall–Kier alpha value is -2.14. The van der Waals surface area contributed by atoms with Crippen molar-refractivity contribution in [3.63, 3.8) is 0 Å². The van der Waals surface area contributed by atoms with Crippen LogP contribution in [0.2, 0.25) is 0 Å². The summed E-state index contributed by atoms with van der Waals surface area (Å²) in [5.74, 6) is 0.117. The van der Waals surface area contributed by atoms with Crippen molar-refractivity contribution in [2.24, 2.45) is 7.05 Å². The van der Waals surface area contributed by atoms with Crippen molar-refractivity contribution in [2.75, 3.05) is 7.05 Å². The first-order valence-corrected chi connectivity index (χ1v) is 7.13. The van der Waals surface area contributed by atoms with Crippen LogP contribution in [-0.2, 0) is 17.4 Å². The van der Waals surface area contributed by atoms with E-state index in [1.54, 1.807) is 6.08 Å². The van der Waals surface area contributed by atoms with E-state index in [-0.39, 0.29) is 5.54 Å². The SMILES string of the molecule is CNC1(c2nc3cc(/C=C/C(=O)O)ccc3n2C)CCC1. The number of hydrogen-bond acceptors (Lipinski definition) is 3. The second kappa shape index (κ2) is 5.00. The summed E-state index contributed by atoms with van der Waals surface area (Å²) >= 11 is 0. The molecule has 0 amide bonds. The second-order valence-corrected chi connectivity index (χ2v) is 5.60. The van der Waals surface area contributed by atoms with Gasteiger partial charge in [0.2, 0.25) is 0 Å². The summed E-state index contributed by atoms with van der Waals surface area (Å²) in [6, 6.07) is 5.84. The Morgan fingerprint density at radius 3 is 2.81 bits per heavy atom. The van der Waals surface area contributed by atoms with Gasteiger partial charge in [-0.2, -0.15) is 0 Å². The van der Waals surface area contributed by atoms with Crippen LogP contribution in [0.4, 0.5) is 0 Å². The molecule has 2 N–H and O–H groups in total. The van der Waals surface area contributed by atoms with Crippen molar-refractivity contribution in [1.29, 1.82) is 0 Å². The number of carboxylic acid groups (broad SMARTS) is 1. The molecule has 1 fully saturated rings. The lowest BCUT2D eigenvalue weighted by Gasteiger charge is -2.40. The molecule has 0 aliphatic heterocycles. The molecular weight excluding hydrogens is 266 g/mol. The van der Waals surface area contributed by atoms with Gasteiger partial charge in [-0.15, -0.1) is 0 Å². The minimum absolute atomic E-state index is 0.00909. The maximum absolute atomic E-state index is 10.6. The average Bonchev–Trinajstić information content (AvgIpc) is 2.74. The van der Waals surface area contributed by atoms with Crippen molar-refractivity contribution < 1.29 is 9.90 Å². The first-order valence-electron chi connectivity index (χ1n) is 7.13. The number of carboxylic acids is 1. The van der Waals surface area contributed by atoms with Crippen molar-refractivity contribution in [3.05, 3.63) is 35.7 Å². The van der Waals surface area contributed by atoms with Gasteiger partial charge in [-0.05, 0) is 50.1 Å². The van der Waals surface area contributed by atoms with E-state index in [0.717, 1.165) is 41.3 Å². The molecular formula is C16H19N3O2. The molecule has 21 heavy (non-hydrogen) atoms. The molecule has 1 aliphatic carbocycles. The molecule has 0 bridgehead atoms. The van der Waals surface area contributed by atoms with Crippen molar-refractivity contribution in [3.8, 4) is 0 Å². The molecule has 3 rings (SSSR count). The molecule has 110 valence electrons. The number of nitrogens with one attached hydrogen (secondary N) is 1. The minimum Gasteiger partial charge on any atom is -0.478 e. The smallest absolute Gasteiger partial charge is 0.328 e. The summed E-state index contributed by atoms with van der Waals surface area (Å²) in [5, 5.41) is 12.1. The van der Waals surface area contributed by atoms with Crippen LogP contribution in [0.25, 0.3) is 17.1 Å². The van der Waals surface area contributed by atoms with Crippen LogP contribution >= 0.6 is 0 Å². The summed E-state index contributed by atoms with van der Waals surface area (Å²) in [6.45, 7) is 0. The highest BCUT2D eigenvalue weighted by Crippen LogP contribution is 2.41. The fraction of sp³-hybridized carbons (Fsp3) is 0.375. The largest absolute Gasteiger partial charge is 0.478 e. The van der Waals surface area contributed by atoms with Crippen LogP contribution in [0.3, 0.4) is 0 Å². The maximum atomic E-state index is 10.6. The Bertz CT molecular complexity index is 721. The fourth-order valence-electron chi connectivity index (χ4n) is 3.03. The molecule has 5 nitrogen and oxygen atoms in total. The van der Waals surface area contributed by atoms with E-state index in [1.807, 2.05) is 32.3 Å². The zero-order valence-corrected chi connectivity index (χ0v) is 12.3. The Balaban J connectivity index is 2.05. The molecule has 1 aromatic heterocycles. The van der Waals surface area contributed by atoms with Gasteiger partial charge in [0.15, 0.2) is 0 Å². The van der Waals surface area contributed by atoms with Crippen LogP contribution in [0.15, 0.2) is 24.3 Å². The summed E-state index contributed by atoms with van der Waals surface area (Å²) in [7, 11) is 4.02. The van der Waals surface area contributed by atoms with Crippen molar-refractivity contribution >= 4 is 23.1 Å². The molecule has 0 atom stereocenters. The number of aromatic nitrogens is 2. The van der Waals surface area contributed by atoms with E-state index in [2.05, 4.69) is 9.88 Å². The summed E-state index contributed by atoms with van der Waals surface area (Å²) in [5.41, 5.74) is 2.81. The maximum Gasteiger partial charge on any atom is 0.328 e. The van der Waals surface area contributed by atoms with E-state index >= 15 is 0 Å². The number of benzene rings is 1. The molecule has 1 aromatic carbocycles. The third kappa shape index (κ3) is 2.23. The van der Waals surface area contributed by atoms with E-state index in [1.165, 1.54) is 6.42 Å². The third-order valence-corrected chi connectivity index (χ3v) is 4.44. The predicted octanol–water partition coefficient (Wildman–Crippen LogP) is 2.27. The summed E-state index contributed by atoms with van der Waals surface area (Å²) < 4.78 is 2.13. The van der Waals surface area contributed by atoms with Gasteiger partial charge in [0.25, 0.3) is 0 Å². The van der Waals surface area contributed by atoms with Crippen LogP contribution < -0.4 is 5.32 Å². The normalized spacial score (nSPS) is 17.2. The molecule has 2 aromatic rings. The summed E-state index contributed by atoms with van der Waals surface area (Å²) in [6.07, 6.45) is 6.16. The highest BCUT2D eigenvalue weighted by Gasteiger charge is 2.40. The Morgan fingerprint density at radius 1 is 1.48 bits per heavy atom. The van der Waals surface area contributed by atoms with E-state index < -0.39 is 5.97 Å². The highest BCUT2D eigenvalue weighted by atomic mass is 16.4. The van der Waals surface area contributed by atoms with Crippen LogP contribution in [-0.4, -0.2) is 27.7 Å². The Labute approximate surface area is 123 Å².